The van der Waals surface area contributed by atoms with Gasteiger partial charge in [0.2, 0.25) is 5.82 Å². The molecule has 1 aromatic heterocycles. The lowest BCUT2D eigenvalue weighted by atomic mass is 10.3. The van der Waals surface area contributed by atoms with Crippen molar-refractivity contribution >= 4 is 26.5 Å². The van der Waals surface area contributed by atoms with Crippen molar-refractivity contribution < 1.29 is 18.0 Å². The molecule has 1 atom stereocenters. The molecule has 0 spiro atoms. The predicted molar refractivity (Wildman–Crippen MR) is 61.7 cm³/mol. The molecule has 0 aliphatic carbocycles. The zero-order valence-corrected chi connectivity index (χ0v) is 11.2. The number of aromatic nitrogens is 3. The molecule has 0 aromatic carbocycles. The minimum absolute atomic E-state index is 0.0820. The summed E-state index contributed by atoms with van der Waals surface area (Å²) in [5.41, 5.74) is 0. The van der Waals surface area contributed by atoms with Crippen LogP contribution in [0.5, 0.6) is 0 Å². The summed E-state index contributed by atoms with van der Waals surface area (Å²) < 4.78 is 38.3. The number of rotatable bonds is 3. The second-order valence-electron chi connectivity index (χ2n) is 3.26. The van der Waals surface area contributed by atoms with Crippen molar-refractivity contribution in [2.24, 2.45) is 0 Å². The molecule has 1 aromatic rings. The van der Waals surface area contributed by atoms with E-state index in [9.17, 15) is 18.0 Å². The zero-order chi connectivity index (χ0) is 13.2. The Bertz CT molecular complexity index is 417. The van der Waals surface area contributed by atoms with Crippen LogP contribution < -0.4 is 5.32 Å². The summed E-state index contributed by atoms with van der Waals surface area (Å²) in [6, 6.07) is -0.622. The topological polar surface area (TPSA) is 59.8 Å². The van der Waals surface area contributed by atoms with E-state index in [1.54, 1.807) is 13.8 Å². The van der Waals surface area contributed by atoms with Gasteiger partial charge in [-0.3, -0.25) is 4.79 Å². The van der Waals surface area contributed by atoms with Crippen LogP contribution in [0.4, 0.5) is 18.0 Å². The van der Waals surface area contributed by atoms with E-state index in [1.165, 1.54) is 22.6 Å². The van der Waals surface area contributed by atoms with Crippen LogP contribution in [0.1, 0.15) is 31.5 Å². The molecule has 0 saturated heterocycles. The summed E-state index contributed by atoms with van der Waals surface area (Å²) in [5, 5.41) is 9.06. The molecule has 1 amide bonds. The first-order chi connectivity index (χ1) is 7.77. The number of hydrogen-bond acceptors (Lipinski definition) is 3. The van der Waals surface area contributed by atoms with E-state index in [2.05, 4.69) is 15.5 Å². The van der Waals surface area contributed by atoms with Gasteiger partial charge in [0.25, 0.3) is 3.91 Å². The predicted octanol–water partition coefficient (Wildman–Crippen LogP) is 2.52. The highest BCUT2D eigenvalue weighted by atomic mass is 127. The van der Waals surface area contributed by atoms with Gasteiger partial charge < -0.3 is 9.88 Å². The van der Waals surface area contributed by atoms with Gasteiger partial charge in [-0.2, -0.15) is 13.2 Å². The molecular weight excluding hydrogens is 352 g/mol. The Morgan fingerprint density at radius 1 is 1.53 bits per heavy atom. The minimum Gasteiger partial charge on any atom is -0.338 e. The lowest BCUT2D eigenvalue weighted by Gasteiger charge is -2.14. The summed E-state index contributed by atoms with van der Waals surface area (Å²) in [6.07, 6.45) is -4.55. The van der Waals surface area contributed by atoms with E-state index in [0.29, 0.717) is 0 Å². The monoisotopic (exact) mass is 362 g/mol. The summed E-state index contributed by atoms with van der Waals surface area (Å²) in [5.74, 6) is -0.964. The highest BCUT2D eigenvalue weighted by Gasteiger charge is 2.38. The van der Waals surface area contributed by atoms with Gasteiger partial charge in [-0.15, -0.1) is 10.2 Å². The van der Waals surface area contributed by atoms with Gasteiger partial charge in [-0.05, 0) is 13.8 Å². The van der Waals surface area contributed by atoms with Crippen molar-refractivity contribution in [3.8, 4) is 0 Å². The molecule has 5 nitrogen and oxygen atoms in total. The van der Waals surface area contributed by atoms with Crippen molar-refractivity contribution in [3.05, 3.63) is 11.6 Å². The van der Waals surface area contributed by atoms with Crippen LogP contribution in [0.25, 0.3) is 0 Å². The van der Waals surface area contributed by atoms with Crippen LogP contribution in [0.2, 0.25) is 0 Å². The molecule has 1 unspecified atom stereocenters. The van der Waals surface area contributed by atoms with Crippen molar-refractivity contribution in [2.75, 3.05) is 0 Å². The number of nitrogens with zero attached hydrogens (tertiary/aromatic N) is 3. The number of carbonyl (C=O) groups excluding carboxylic acids is 1. The third-order valence-corrected chi connectivity index (χ3v) is 2.38. The number of hydrogen-bond donors (Lipinski definition) is 1. The first-order valence-corrected chi connectivity index (χ1v) is 5.81. The van der Waals surface area contributed by atoms with E-state index in [1.807, 2.05) is 0 Å². The van der Waals surface area contributed by atoms with Crippen molar-refractivity contribution in [3.63, 3.8) is 0 Å². The van der Waals surface area contributed by atoms with Crippen molar-refractivity contribution in [1.29, 1.82) is 0 Å². The molecule has 9 heteroatoms. The molecular formula is C8H10F3IN4O. The van der Waals surface area contributed by atoms with Crippen LogP contribution in [0.15, 0.2) is 0 Å². The van der Waals surface area contributed by atoms with Gasteiger partial charge in [0.1, 0.15) is 0 Å². The second kappa shape index (κ2) is 5.19. The normalized spacial score (nSPS) is 13.5. The molecule has 0 bridgehead atoms. The maximum absolute atomic E-state index is 12.6. The highest BCUT2D eigenvalue weighted by Crippen LogP contribution is 2.29. The SMILES string of the molecule is CCn1c(C(C)NC(=O)I)nnc1C(F)(F)F. The lowest BCUT2D eigenvalue weighted by molar-refractivity contribution is -0.147. The molecule has 1 N–H and O–H groups in total. The van der Waals surface area contributed by atoms with Crippen LogP contribution in [-0.4, -0.2) is 18.7 Å². The number of halogens is 4. The average Bonchev–Trinajstić information content (AvgIpc) is 2.58. The summed E-state index contributed by atoms with van der Waals surface area (Å²) >= 11 is 1.50. The maximum atomic E-state index is 12.6. The fraction of sp³-hybridized carbons (Fsp3) is 0.625. The molecule has 96 valence electrons. The van der Waals surface area contributed by atoms with Gasteiger partial charge in [-0.1, -0.05) is 0 Å². The fourth-order valence-electron chi connectivity index (χ4n) is 1.39. The van der Waals surface area contributed by atoms with Crippen LogP contribution in [0.3, 0.4) is 0 Å². The van der Waals surface area contributed by atoms with E-state index >= 15 is 0 Å². The van der Waals surface area contributed by atoms with Gasteiger partial charge in [-0.25, -0.2) is 0 Å². The van der Waals surface area contributed by atoms with Crippen molar-refractivity contribution in [2.45, 2.75) is 32.6 Å². The van der Waals surface area contributed by atoms with E-state index < -0.39 is 18.0 Å². The first-order valence-electron chi connectivity index (χ1n) is 4.73. The molecule has 0 aliphatic heterocycles. The van der Waals surface area contributed by atoms with Crippen LogP contribution >= 0.6 is 22.6 Å². The Hall–Kier alpha value is -0.870. The molecule has 0 fully saturated rings. The molecule has 1 heterocycles. The Morgan fingerprint density at radius 2 is 2.12 bits per heavy atom. The summed E-state index contributed by atoms with van der Waals surface area (Å²) in [6.45, 7) is 3.19. The third-order valence-electron chi connectivity index (χ3n) is 2.07. The zero-order valence-electron chi connectivity index (χ0n) is 9.05. The van der Waals surface area contributed by atoms with Gasteiger partial charge in [0.15, 0.2) is 5.82 Å². The van der Waals surface area contributed by atoms with E-state index in [0.717, 1.165) is 4.57 Å². The summed E-state index contributed by atoms with van der Waals surface area (Å²) in [4.78, 5) is 10.8. The third kappa shape index (κ3) is 3.30. The van der Waals surface area contributed by atoms with Crippen LogP contribution in [0, 0.1) is 0 Å². The number of amides is 1. The molecule has 0 radical (unpaired) electrons. The molecule has 17 heavy (non-hydrogen) atoms. The molecule has 1 rings (SSSR count). The number of alkyl halides is 3. The lowest BCUT2D eigenvalue weighted by Crippen LogP contribution is -2.25. The average molecular weight is 362 g/mol. The fourth-order valence-corrected chi connectivity index (χ4v) is 1.86. The van der Waals surface area contributed by atoms with Crippen LogP contribution in [-0.2, 0) is 12.7 Å². The Morgan fingerprint density at radius 3 is 2.53 bits per heavy atom. The smallest absolute Gasteiger partial charge is 0.338 e. The quantitative estimate of drug-likeness (QED) is 0.511. The highest BCUT2D eigenvalue weighted by molar-refractivity contribution is 14.1. The number of carbonyl (C=O) groups is 1. The second-order valence-corrected chi connectivity index (χ2v) is 4.24. The number of nitrogens with one attached hydrogen (secondary N) is 1. The van der Waals surface area contributed by atoms with Crippen molar-refractivity contribution in [1.82, 2.24) is 20.1 Å². The van der Waals surface area contributed by atoms with E-state index in [4.69, 9.17) is 0 Å². The standard InChI is InChI=1S/C8H10F3IN4O/c1-3-16-5(4(2)13-7(12)17)14-15-6(16)8(9,10)11/h4H,3H2,1-2H3,(H,13,17). The first kappa shape index (κ1) is 14.2. The van der Waals surface area contributed by atoms with Gasteiger partial charge >= 0.3 is 6.18 Å². The molecule has 0 aliphatic rings. The minimum atomic E-state index is -4.55. The van der Waals surface area contributed by atoms with Gasteiger partial charge in [0.05, 0.1) is 6.04 Å². The largest absolute Gasteiger partial charge is 0.451 e. The Kier molecular flexibility index (Phi) is 4.33. The molecule has 0 saturated carbocycles. The maximum Gasteiger partial charge on any atom is 0.451 e. The van der Waals surface area contributed by atoms with Gasteiger partial charge in [0, 0.05) is 29.1 Å². The summed E-state index contributed by atoms with van der Waals surface area (Å²) in [7, 11) is 0. The Labute approximate surface area is 109 Å². The van der Waals surface area contributed by atoms with E-state index in [-0.39, 0.29) is 16.3 Å². The Balaban J connectivity index is 3.10.